The van der Waals surface area contributed by atoms with Crippen LogP contribution in [0.25, 0.3) is 0 Å². The van der Waals surface area contributed by atoms with E-state index in [1.807, 2.05) is 24.1 Å². The summed E-state index contributed by atoms with van der Waals surface area (Å²) in [6.07, 6.45) is 5.96. The number of hydrazine groups is 1. The lowest BCUT2D eigenvalue weighted by atomic mass is 9.81. The first-order valence-electron chi connectivity index (χ1n) is 6.14. The smallest absolute Gasteiger partial charge is 0.0674 e. The molecule has 0 aliphatic carbocycles. The molecule has 5 heteroatoms. The van der Waals surface area contributed by atoms with Gasteiger partial charge in [-0.3, -0.25) is 16.0 Å². The fourth-order valence-electron chi connectivity index (χ4n) is 2.70. The molecule has 98 valence electrons. The zero-order chi connectivity index (χ0) is 13.1. The summed E-state index contributed by atoms with van der Waals surface area (Å²) < 4.78 is 1.81. The summed E-state index contributed by atoms with van der Waals surface area (Å²) in [6, 6.07) is 0.0844. The predicted octanol–water partition coefficient (Wildman–Crippen LogP) is 1.04. The van der Waals surface area contributed by atoms with Gasteiger partial charge in [-0.1, -0.05) is 13.8 Å². The van der Waals surface area contributed by atoms with Crippen molar-refractivity contribution in [2.75, 3.05) is 14.1 Å². The normalized spacial score (nSPS) is 14.3. The number of rotatable bonds is 6. The number of nitrogens with zero attached hydrogens (tertiary/aromatic N) is 3. The summed E-state index contributed by atoms with van der Waals surface area (Å²) in [5, 5.41) is 4.23. The molecule has 0 aromatic carbocycles. The van der Waals surface area contributed by atoms with Crippen LogP contribution in [0, 0.1) is 0 Å². The summed E-state index contributed by atoms with van der Waals surface area (Å²) in [7, 11) is 6.13. The third-order valence-corrected chi connectivity index (χ3v) is 3.88. The molecule has 0 spiro atoms. The zero-order valence-electron chi connectivity index (χ0n) is 11.6. The van der Waals surface area contributed by atoms with Crippen molar-refractivity contribution in [2.24, 2.45) is 12.9 Å². The third kappa shape index (κ3) is 2.51. The van der Waals surface area contributed by atoms with E-state index in [-0.39, 0.29) is 11.6 Å². The van der Waals surface area contributed by atoms with Crippen molar-refractivity contribution in [3.05, 3.63) is 18.0 Å². The van der Waals surface area contributed by atoms with Crippen LogP contribution < -0.4 is 11.3 Å². The molecule has 1 rings (SSSR count). The van der Waals surface area contributed by atoms with Gasteiger partial charge >= 0.3 is 0 Å². The van der Waals surface area contributed by atoms with Crippen molar-refractivity contribution in [1.29, 1.82) is 0 Å². The molecule has 0 bridgehead atoms. The van der Waals surface area contributed by atoms with E-state index in [0.717, 1.165) is 18.4 Å². The Labute approximate surface area is 104 Å². The van der Waals surface area contributed by atoms with Gasteiger partial charge in [0.25, 0.3) is 0 Å². The molecule has 0 fully saturated rings. The van der Waals surface area contributed by atoms with Crippen molar-refractivity contribution in [1.82, 2.24) is 20.1 Å². The Morgan fingerprint density at radius 2 is 2.06 bits per heavy atom. The maximum absolute atomic E-state index is 5.78. The summed E-state index contributed by atoms with van der Waals surface area (Å²) in [5.41, 5.74) is 4.10. The van der Waals surface area contributed by atoms with Crippen molar-refractivity contribution >= 4 is 0 Å². The highest BCUT2D eigenvalue weighted by molar-refractivity contribution is 5.17. The lowest BCUT2D eigenvalue weighted by molar-refractivity contribution is 0.0882. The van der Waals surface area contributed by atoms with E-state index < -0.39 is 0 Å². The summed E-state index contributed by atoms with van der Waals surface area (Å²) in [4.78, 5) is 2.25. The topological polar surface area (TPSA) is 59.1 Å². The van der Waals surface area contributed by atoms with Crippen LogP contribution in [-0.4, -0.2) is 34.3 Å². The number of hydrogen-bond donors (Lipinski definition) is 2. The monoisotopic (exact) mass is 239 g/mol. The molecular weight excluding hydrogens is 214 g/mol. The van der Waals surface area contributed by atoms with E-state index in [0.29, 0.717) is 0 Å². The van der Waals surface area contributed by atoms with Gasteiger partial charge in [0.2, 0.25) is 0 Å². The fourth-order valence-corrected chi connectivity index (χ4v) is 2.70. The highest BCUT2D eigenvalue weighted by Gasteiger charge is 2.38. The first-order chi connectivity index (χ1) is 8.01. The Bertz CT molecular complexity index is 340. The molecule has 17 heavy (non-hydrogen) atoms. The minimum Gasteiger partial charge on any atom is -0.302 e. The molecule has 0 aliphatic rings. The SMILES string of the molecule is CCC(CC)(C(NN)c1cnn(C)c1)N(C)C. The second-order valence-corrected chi connectivity index (χ2v) is 4.75. The number of nitrogens with one attached hydrogen (secondary N) is 1. The maximum Gasteiger partial charge on any atom is 0.0674 e. The van der Waals surface area contributed by atoms with E-state index in [4.69, 9.17) is 5.84 Å². The average Bonchev–Trinajstić information content (AvgIpc) is 2.72. The van der Waals surface area contributed by atoms with Gasteiger partial charge in [-0.25, -0.2) is 0 Å². The minimum atomic E-state index is 0.0117. The molecule has 3 N–H and O–H groups in total. The van der Waals surface area contributed by atoms with Crippen LogP contribution in [0.2, 0.25) is 0 Å². The number of likely N-dealkylation sites (N-methyl/N-ethyl adjacent to an activating group) is 1. The van der Waals surface area contributed by atoms with Gasteiger partial charge in [-0.05, 0) is 26.9 Å². The van der Waals surface area contributed by atoms with Crippen LogP contribution in [0.3, 0.4) is 0 Å². The molecule has 0 saturated heterocycles. The molecule has 1 atom stereocenters. The van der Waals surface area contributed by atoms with E-state index in [9.17, 15) is 0 Å². The van der Waals surface area contributed by atoms with Crippen LogP contribution in [-0.2, 0) is 7.05 Å². The molecule has 5 nitrogen and oxygen atoms in total. The van der Waals surface area contributed by atoms with Gasteiger partial charge < -0.3 is 4.90 Å². The molecule has 0 radical (unpaired) electrons. The van der Waals surface area contributed by atoms with Gasteiger partial charge in [-0.2, -0.15) is 5.10 Å². The molecule has 0 amide bonds. The van der Waals surface area contributed by atoms with Gasteiger partial charge in [0.15, 0.2) is 0 Å². The van der Waals surface area contributed by atoms with Crippen molar-refractivity contribution in [3.8, 4) is 0 Å². The first kappa shape index (κ1) is 14.2. The number of aromatic nitrogens is 2. The van der Waals surface area contributed by atoms with Gasteiger partial charge in [0.05, 0.1) is 12.2 Å². The second-order valence-electron chi connectivity index (χ2n) is 4.75. The molecule has 1 aromatic heterocycles. The Balaban J connectivity index is 3.13. The van der Waals surface area contributed by atoms with Crippen LogP contribution in [0.5, 0.6) is 0 Å². The average molecular weight is 239 g/mol. The molecule has 0 aliphatic heterocycles. The van der Waals surface area contributed by atoms with Gasteiger partial charge in [0.1, 0.15) is 0 Å². The Morgan fingerprint density at radius 1 is 1.47 bits per heavy atom. The largest absolute Gasteiger partial charge is 0.302 e. The molecule has 1 unspecified atom stereocenters. The molecule has 1 aromatic rings. The quantitative estimate of drug-likeness (QED) is 0.575. The van der Waals surface area contributed by atoms with E-state index >= 15 is 0 Å². The predicted molar refractivity (Wildman–Crippen MR) is 70.3 cm³/mol. The van der Waals surface area contributed by atoms with Gasteiger partial charge in [-0.15, -0.1) is 0 Å². The number of aryl methyl sites for hydroxylation is 1. The van der Waals surface area contributed by atoms with Crippen molar-refractivity contribution < 1.29 is 0 Å². The fraction of sp³-hybridized carbons (Fsp3) is 0.750. The van der Waals surface area contributed by atoms with Gasteiger partial charge in [0, 0.05) is 24.3 Å². The van der Waals surface area contributed by atoms with Crippen molar-refractivity contribution in [3.63, 3.8) is 0 Å². The third-order valence-electron chi connectivity index (χ3n) is 3.88. The maximum atomic E-state index is 5.78. The Morgan fingerprint density at radius 3 is 2.35 bits per heavy atom. The van der Waals surface area contributed by atoms with E-state index in [1.54, 1.807) is 0 Å². The number of nitrogens with two attached hydrogens (primary N) is 1. The van der Waals surface area contributed by atoms with E-state index in [1.165, 1.54) is 0 Å². The van der Waals surface area contributed by atoms with Crippen LogP contribution in [0.4, 0.5) is 0 Å². The Kier molecular flexibility index (Phi) is 4.68. The van der Waals surface area contributed by atoms with Crippen molar-refractivity contribution in [2.45, 2.75) is 38.3 Å². The second kappa shape index (κ2) is 5.62. The lowest BCUT2D eigenvalue weighted by Gasteiger charge is -2.44. The first-order valence-corrected chi connectivity index (χ1v) is 6.14. The van der Waals surface area contributed by atoms with Crippen LogP contribution in [0.15, 0.2) is 12.4 Å². The summed E-state index contributed by atoms with van der Waals surface area (Å²) in [5.74, 6) is 5.78. The van der Waals surface area contributed by atoms with Crippen LogP contribution in [0.1, 0.15) is 38.3 Å². The standard InChI is InChI=1S/C12H25N5/c1-6-12(7-2,16(3)4)11(15-13)10-8-14-17(5)9-10/h8-9,11,15H,6-7,13H2,1-5H3. The van der Waals surface area contributed by atoms with E-state index in [2.05, 4.69) is 43.4 Å². The lowest BCUT2D eigenvalue weighted by Crippen LogP contribution is -2.54. The Hall–Kier alpha value is -0.910. The molecule has 1 heterocycles. The summed E-state index contributed by atoms with van der Waals surface area (Å²) >= 11 is 0. The summed E-state index contributed by atoms with van der Waals surface area (Å²) in [6.45, 7) is 4.40. The zero-order valence-corrected chi connectivity index (χ0v) is 11.6. The number of hydrogen-bond acceptors (Lipinski definition) is 4. The molecular formula is C12H25N5. The minimum absolute atomic E-state index is 0.0117. The highest BCUT2D eigenvalue weighted by atomic mass is 15.3. The highest BCUT2D eigenvalue weighted by Crippen LogP contribution is 2.35. The molecule has 0 saturated carbocycles. The van der Waals surface area contributed by atoms with Crippen LogP contribution >= 0.6 is 0 Å².